The van der Waals surface area contributed by atoms with Gasteiger partial charge >= 0.3 is 0 Å². The SMILES string of the molecule is Cc1nc(C)c(C(=O)N(Cc2ccco2)C(C)CCc2ccccc2)s1. The molecule has 0 aliphatic rings. The van der Waals surface area contributed by atoms with Gasteiger partial charge in [-0.15, -0.1) is 11.3 Å². The number of carbonyl (C=O) groups excluding carboxylic acids is 1. The Morgan fingerprint density at radius 3 is 2.58 bits per heavy atom. The molecule has 0 saturated carbocycles. The highest BCUT2D eigenvalue weighted by molar-refractivity contribution is 7.13. The zero-order valence-electron chi connectivity index (χ0n) is 15.4. The maximum atomic E-state index is 13.2. The lowest BCUT2D eigenvalue weighted by Gasteiger charge is -2.28. The molecule has 0 N–H and O–H groups in total. The summed E-state index contributed by atoms with van der Waals surface area (Å²) in [6.45, 7) is 6.41. The van der Waals surface area contributed by atoms with Crippen molar-refractivity contribution >= 4 is 17.2 Å². The molecule has 2 heterocycles. The third-order valence-corrected chi connectivity index (χ3v) is 5.55. The van der Waals surface area contributed by atoms with E-state index in [1.807, 2.05) is 36.9 Å². The Labute approximate surface area is 158 Å². The Kier molecular flexibility index (Phi) is 5.89. The van der Waals surface area contributed by atoms with Crippen molar-refractivity contribution in [3.05, 3.63) is 75.6 Å². The highest BCUT2D eigenvalue weighted by Gasteiger charge is 2.26. The zero-order valence-corrected chi connectivity index (χ0v) is 16.3. The second kappa shape index (κ2) is 8.32. The first-order valence-corrected chi connectivity index (χ1v) is 9.67. The first-order valence-electron chi connectivity index (χ1n) is 8.86. The maximum Gasteiger partial charge on any atom is 0.266 e. The Morgan fingerprint density at radius 1 is 1.19 bits per heavy atom. The van der Waals surface area contributed by atoms with Crippen LogP contribution < -0.4 is 0 Å². The van der Waals surface area contributed by atoms with Gasteiger partial charge in [-0.05, 0) is 51.3 Å². The molecule has 0 aliphatic carbocycles. The molecule has 0 aliphatic heterocycles. The molecule has 5 heteroatoms. The van der Waals surface area contributed by atoms with E-state index < -0.39 is 0 Å². The van der Waals surface area contributed by atoms with Gasteiger partial charge in [0, 0.05) is 6.04 Å². The number of hydrogen-bond acceptors (Lipinski definition) is 4. The van der Waals surface area contributed by atoms with Gasteiger partial charge in [-0.1, -0.05) is 30.3 Å². The van der Waals surface area contributed by atoms with Gasteiger partial charge in [0.15, 0.2) is 0 Å². The molecule has 1 unspecified atom stereocenters. The molecule has 1 atom stereocenters. The van der Waals surface area contributed by atoms with Gasteiger partial charge in [0.2, 0.25) is 0 Å². The third kappa shape index (κ3) is 4.41. The molecule has 3 rings (SSSR count). The van der Waals surface area contributed by atoms with Crippen molar-refractivity contribution in [3.8, 4) is 0 Å². The lowest BCUT2D eigenvalue weighted by Crippen LogP contribution is -2.38. The Bertz CT molecular complexity index is 840. The number of aromatic nitrogens is 1. The molecular weight excluding hydrogens is 344 g/mol. The minimum atomic E-state index is 0.0325. The Balaban J connectivity index is 1.78. The molecule has 0 spiro atoms. The molecule has 0 fully saturated rings. The van der Waals surface area contributed by atoms with Crippen molar-refractivity contribution in [2.45, 2.75) is 46.2 Å². The largest absolute Gasteiger partial charge is 0.467 e. The van der Waals surface area contributed by atoms with Crippen molar-refractivity contribution in [1.82, 2.24) is 9.88 Å². The fraction of sp³-hybridized carbons (Fsp3) is 0.333. The van der Waals surface area contributed by atoms with Crippen LogP contribution in [0.15, 0.2) is 53.1 Å². The number of benzene rings is 1. The number of thiazole rings is 1. The summed E-state index contributed by atoms with van der Waals surface area (Å²) >= 11 is 1.46. The quantitative estimate of drug-likeness (QED) is 0.588. The fourth-order valence-corrected chi connectivity index (χ4v) is 3.91. The van der Waals surface area contributed by atoms with Gasteiger partial charge < -0.3 is 9.32 Å². The van der Waals surface area contributed by atoms with E-state index in [4.69, 9.17) is 4.42 Å². The molecule has 2 aromatic heterocycles. The lowest BCUT2D eigenvalue weighted by molar-refractivity contribution is 0.0656. The van der Waals surface area contributed by atoms with Crippen molar-refractivity contribution < 1.29 is 9.21 Å². The Hall–Kier alpha value is -2.40. The van der Waals surface area contributed by atoms with E-state index in [9.17, 15) is 4.79 Å². The van der Waals surface area contributed by atoms with Crippen molar-refractivity contribution in [3.63, 3.8) is 0 Å². The average molecular weight is 369 g/mol. The number of furan rings is 1. The fourth-order valence-electron chi connectivity index (χ4n) is 3.03. The van der Waals surface area contributed by atoms with E-state index in [1.54, 1.807) is 6.26 Å². The summed E-state index contributed by atoms with van der Waals surface area (Å²) in [6.07, 6.45) is 3.48. The van der Waals surface area contributed by atoms with Gasteiger partial charge in [0.05, 0.1) is 23.5 Å². The molecule has 26 heavy (non-hydrogen) atoms. The van der Waals surface area contributed by atoms with E-state index in [1.165, 1.54) is 16.9 Å². The smallest absolute Gasteiger partial charge is 0.266 e. The molecule has 136 valence electrons. The minimum Gasteiger partial charge on any atom is -0.467 e. The topological polar surface area (TPSA) is 46.3 Å². The van der Waals surface area contributed by atoms with E-state index in [2.05, 4.69) is 36.2 Å². The summed E-state index contributed by atoms with van der Waals surface area (Å²) in [5.74, 6) is 0.828. The van der Waals surface area contributed by atoms with Crippen LogP contribution in [0.1, 0.15) is 45.0 Å². The predicted molar refractivity (Wildman–Crippen MR) is 104 cm³/mol. The average Bonchev–Trinajstić information content (AvgIpc) is 3.27. The third-order valence-electron chi connectivity index (χ3n) is 4.49. The second-order valence-corrected chi connectivity index (χ2v) is 7.74. The molecule has 1 amide bonds. The van der Waals surface area contributed by atoms with Gasteiger partial charge in [-0.2, -0.15) is 0 Å². The van der Waals surface area contributed by atoms with Crippen LogP contribution in [0, 0.1) is 13.8 Å². The summed E-state index contributed by atoms with van der Waals surface area (Å²) in [5, 5.41) is 0.917. The van der Waals surface area contributed by atoms with Crippen LogP contribution in [-0.2, 0) is 13.0 Å². The first-order chi connectivity index (χ1) is 12.5. The maximum absolute atomic E-state index is 13.2. The van der Waals surface area contributed by atoms with Crippen LogP contribution >= 0.6 is 11.3 Å². The minimum absolute atomic E-state index is 0.0325. The summed E-state index contributed by atoms with van der Waals surface area (Å²) in [7, 11) is 0. The van der Waals surface area contributed by atoms with E-state index in [-0.39, 0.29) is 11.9 Å². The number of aryl methyl sites for hydroxylation is 3. The lowest BCUT2D eigenvalue weighted by atomic mass is 10.0. The van der Waals surface area contributed by atoms with E-state index >= 15 is 0 Å². The summed E-state index contributed by atoms with van der Waals surface area (Å²) in [4.78, 5) is 20.3. The standard InChI is InChI=1S/C21H24N2O2S/c1-15(11-12-18-8-5-4-6-9-18)23(14-19-10-7-13-25-19)21(24)20-16(2)22-17(3)26-20/h4-10,13,15H,11-12,14H2,1-3H3. The van der Waals surface area contributed by atoms with Gasteiger partial charge in [-0.3, -0.25) is 4.79 Å². The van der Waals surface area contributed by atoms with E-state index in [0.29, 0.717) is 6.54 Å². The van der Waals surface area contributed by atoms with Crippen molar-refractivity contribution in [2.24, 2.45) is 0 Å². The first kappa shape index (κ1) is 18.4. The number of amides is 1. The van der Waals surface area contributed by atoms with Crippen LogP contribution in [0.25, 0.3) is 0 Å². The number of hydrogen-bond donors (Lipinski definition) is 0. The molecule has 0 radical (unpaired) electrons. The van der Waals surface area contributed by atoms with Gasteiger partial charge in [0.1, 0.15) is 10.6 Å². The Morgan fingerprint density at radius 2 is 1.96 bits per heavy atom. The van der Waals surface area contributed by atoms with Crippen LogP contribution in [0.5, 0.6) is 0 Å². The monoisotopic (exact) mass is 368 g/mol. The number of rotatable bonds is 7. The zero-order chi connectivity index (χ0) is 18.5. The normalized spacial score (nSPS) is 12.1. The van der Waals surface area contributed by atoms with E-state index in [0.717, 1.165) is 34.2 Å². The predicted octanol–water partition coefficient (Wildman–Crippen LogP) is 5.02. The highest BCUT2D eigenvalue weighted by atomic mass is 32.1. The summed E-state index contributed by atoms with van der Waals surface area (Å²) in [6, 6.07) is 14.2. The van der Waals surface area contributed by atoms with Crippen LogP contribution in [-0.4, -0.2) is 21.8 Å². The number of nitrogens with zero attached hydrogens (tertiary/aromatic N) is 2. The molecule has 0 bridgehead atoms. The summed E-state index contributed by atoms with van der Waals surface area (Å²) in [5.41, 5.74) is 2.09. The van der Waals surface area contributed by atoms with Crippen LogP contribution in [0.3, 0.4) is 0 Å². The van der Waals surface area contributed by atoms with Gasteiger partial charge in [0.25, 0.3) is 5.91 Å². The molecule has 0 saturated heterocycles. The van der Waals surface area contributed by atoms with Gasteiger partial charge in [-0.25, -0.2) is 4.98 Å². The molecular formula is C21H24N2O2S. The molecule has 4 nitrogen and oxygen atoms in total. The highest BCUT2D eigenvalue weighted by Crippen LogP contribution is 2.23. The van der Waals surface area contributed by atoms with Crippen molar-refractivity contribution in [1.29, 1.82) is 0 Å². The van der Waals surface area contributed by atoms with Crippen LogP contribution in [0.2, 0.25) is 0 Å². The molecule has 3 aromatic rings. The summed E-state index contributed by atoms with van der Waals surface area (Å²) < 4.78 is 5.49. The van der Waals surface area contributed by atoms with Crippen LogP contribution in [0.4, 0.5) is 0 Å². The molecule has 1 aromatic carbocycles. The second-order valence-electron chi connectivity index (χ2n) is 6.53. The number of carbonyl (C=O) groups is 1. The van der Waals surface area contributed by atoms with Crippen molar-refractivity contribution in [2.75, 3.05) is 0 Å².